The van der Waals surface area contributed by atoms with Gasteiger partial charge in [-0.25, -0.2) is 4.98 Å². The molecule has 2 aromatic heterocycles. The molecule has 0 aliphatic heterocycles. The van der Waals surface area contributed by atoms with E-state index in [1.165, 1.54) is 15.3 Å². The van der Waals surface area contributed by atoms with Crippen LogP contribution in [0.15, 0.2) is 41.8 Å². The lowest BCUT2D eigenvalue weighted by Crippen LogP contribution is -1.93. The molecule has 0 saturated carbocycles. The Bertz CT molecular complexity index is 720. The Hall–Kier alpha value is -1.85. The lowest BCUT2D eigenvalue weighted by molar-refractivity contribution is 0.340. The Morgan fingerprint density at radius 2 is 2.14 bits per heavy atom. The second-order valence-electron chi connectivity index (χ2n) is 4.56. The van der Waals surface area contributed by atoms with Gasteiger partial charge < -0.3 is 10.5 Å². The summed E-state index contributed by atoms with van der Waals surface area (Å²) >= 11 is 3.25. The van der Waals surface area contributed by atoms with Crippen molar-refractivity contribution in [3.8, 4) is 16.3 Å². The number of benzene rings is 1. The lowest BCUT2D eigenvalue weighted by Gasteiger charge is -2.06. The summed E-state index contributed by atoms with van der Waals surface area (Å²) in [6.45, 7) is 2.67. The predicted octanol–water partition coefficient (Wildman–Crippen LogP) is 4.44. The van der Waals surface area contributed by atoms with Gasteiger partial charge in [0, 0.05) is 11.3 Å². The number of thiophene rings is 1. The summed E-state index contributed by atoms with van der Waals surface area (Å²) in [6.07, 6.45) is 0.822. The van der Waals surface area contributed by atoms with E-state index in [2.05, 4.69) is 28.6 Å². The van der Waals surface area contributed by atoms with E-state index in [0.29, 0.717) is 11.7 Å². The van der Waals surface area contributed by atoms with E-state index in [1.54, 1.807) is 22.7 Å². The molecule has 2 heterocycles. The second-order valence-corrected chi connectivity index (χ2v) is 6.62. The SMILES string of the molecule is CCOc1cccc(Cc2sc(N)nc2-c2cccs2)c1. The predicted molar refractivity (Wildman–Crippen MR) is 90.3 cm³/mol. The number of rotatable bonds is 5. The summed E-state index contributed by atoms with van der Waals surface area (Å²) in [5, 5.41) is 2.68. The highest BCUT2D eigenvalue weighted by molar-refractivity contribution is 7.17. The lowest BCUT2D eigenvalue weighted by atomic mass is 10.1. The topological polar surface area (TPSA) is 48.1 Å². The highest BCUT2D eigenvalue weighted by Crippen LogP contribution is 2.34. The van der Waals surface area contributed by atoms with Crippen LogP contribution in [-0.4, -0.2) is 11.6 Å². The molecule has 0 atom stereocenters. The monoisotopic (exact) mass is 316 g/mol. The van der Waals surface area contributed by atoms with Crippen molar-refractivity contribution in [2.75, 3.05) is 12.3 Å². The van der Waals surface area contributed by atoms with E-state index in [9.17, 15) is 0 Å². The highest BCUT2D eigenvalue weighted by atomic mass is 32.1. The summed E-state index contributed by atoms with van der Waals surface area (Å²) in [5.74, 6) is 0.908. The van der Waals surface area contributed by atoms with Gasteiger partial charge in [-0.2, -0.15) is 0 Å². The average molecular weight is 316 g/mol. The molecule has 0 radical (unpaired) electrons. The number of hydrogen-bond acceptors (Lipinski definition) is 5. The van der Waals surface area contributed by atoms with Gasteiger partial charge in [0.1, 0.15) is 5.75 Å². The van der Waals surface area contributed by atoms with Gasteiger partial charge in [0.25, 0.3) is 0 Å². The molecule has 3 nitrogen and oxygen atoms in total. The van der Waals surface area contributed by atoms with Crippen LogP contribution in [0.4, 0.5) is 5.13 Å². The van der Waals surface area contributed by atoms with E-state index in [1.807, 2.05) is 25.1 Å². The third kappa shape index (κ3) is 3.25. The fourth-order valence-corrected chi connectivity index (χ4v) is 3.88. The normalized spacial score (nSPS) is 10.7. The maximum absolute atomic E-state index is 5.90. The first-order valence-electron chi connectivity index (χ1n) is 6.77. The third-order valence-electron chi connectivity index (χ3n) is 3.04. The van der Waals surface area contributed by atoms with Crippen molar-refractivity contribution in [1.82, 2.24) is 4.98 Å². The Morgan fingerprint density at radius 3 is 2.90 bits per heavy atom. The fraction of sp³-hybridized carbons (Fsp3) is 0.188. The van der Waals surface area contributed by atoms with Gasteiger partial charge >= 0.3 is 0 Å². The first-order valence-corrected chi connectivity index (χ1v) is 8.46. The summed E-state index contributed by atoms with van der Waals surface area (Å²) < 4.78 is 5.56. The van der Waals surface area contributed by atoms with Crippen LogP contribution >= 0.6 is 22.7 Å². The van der Waals surface area contributed by atoms with Gasteiger partial charge in [0.2, 0.25) is 0 Å². The molecule has 3 aromatic rings. The number of hydrogen-bond donors (Lipinski definition) is 1. The first-order chi connectivity index (χ1) is 10.3. The van der Waals surface area contributed by atoms with E-state index in [-0.39, 0.29) is 0 Å². The Labute approximate surface area is 132 Å². The molecule has 21 heavy (non-hydrogen) atoms. The second kappa shape index (κ2) is 6.28. The van der Waals surface area contributed by atoms with Crippen LogP contribution in [0.25, 0.3) is 10.6 Å². The number of nitrogen functional groups attached to an aromatic ring is 1. The minimum atomic E-state index is 0.620. The minimum Gasteiger partial charge on any atom is -0.494 e. The highest BCUT2D eigenvalue weighted by Gasteiger charge is 2.13. The van der Waals surface area contributed by atoms with Crippen LogP contribution < -0.4 is 10.5 Å². The third-order valence-corrected chi connectivity index (χ3v) is 4.80. The molecule has 108 valence electrons. The van der Waals surface area contributed by atoms with Crippen molar-refractivity contribution in [2.45, 2.75) is 13.3 Å². The summed E-state index contributed by atoms with van der Waals surface area (Å²) in [4.78, 5) is 6.85. The minimum absolute atomic E-state index is 0.620. The maximum Gasteiger partial charge on any atom is 0.180 e. The van der Waals surface area contributed by atoms with Crippen LogP contribution in [0.1, 0.15) is 17.4 Å². The van der Waals surface area contributed by atoms with Gasteiger partial charge in [0.15, 0.2) is 5.13 Å². The Morgan fingerprint density at radius 1 is 1.24 bits per heavy atom. The molecular formula is C16H16N2OS2. The molecule has 0 amide bonds. The fourth-order valence-electron chi connectivity index (χ4n) is 2.19. The van der Waals surface area contributed by atoms with Crippen molar-refractivity contribution in [1.29, 1.82) is 0 Å². The maximum atomic E-state index is 5.90. The molecule has 0 unspecified atom stereocenters. The standard InChI is InChI=1S/C16H16N2OS2/c1-2-19-12-6-3-5-11(9-12)10-14-15(18-16(17)21-14)13-7-4-8-20-13/h3-9H,2,10H2,1H3,(H2,17,18). The number of nitrogens with zero attached hydrogens (tertiary/aromatic N) is 1. The smallest absolute Gasteiger partial charge is 0.180 e. The molecule has 2 N–H and O–H groups in total. The molecule has 0 aliphatic rings. The molecule has 0 bridgehead atoms. The van der Waals surface area contributed by atoms with Crippen molar-refractivity contribution in [2.24, 2.45) is 0 Å². The van der Waals surface area contributed by atoms with E-state index < -0.39 is 0 Å². The first kappa shape index (κ1) is 14.1. The zero-order valence-corrected chi connectivity index (χ0v) is 13.3. The van der Waals surface area contributed by atoms with Gasteiger partial charge in [-0.05, 0) is 36.1 Å². The van der Waals surface area contributed by atoms with Gasteiger partial charge in [-0.1, -0.05) is 18.2 Å². The van der Waals surface area contributed by atoms with Crippen LogP contribution in [0.2, 0.25) is 0 Å². The number of ether oxygens (including phenoxy) is 1. The van der Waals surface area contributed by atoms with Gasteiger partial charge in [-0.3, -0.25) is 0 Å². The van der Waals surface area contributed by atoms with Crippen LogP contribution in [0, 0.1) is 0 Å². The average Bonchev–Trinajstić information content (AvgIpc) is 3.09. The van der Waals surface area contributed by atoms with Crippen molar-refractivity contribution < 1.29 is 4.74 Å². The van der Waals surface area contributed by atoms with Crippen LogP contribution in [0.5, 0.6) is 5.75 Å². The molecular weight excluding hydrogens is 300 g/mol. The Balaban J connectivity index is 1.90. The molecule has 0 aliphatic carbocycles. The zero-order valence-electron chi connectivity index (χ0n) is 11.7. The zero-order chi connectivity index (χ0) is 14.7. The molecule has 3 rings (SSSR count). The van der Waals surface area contributed by atoms with Crippen molar-refractivity contribution >= 4 is 27.8 Å². The number of anilines is 1. The Kier molecular flexibility index (Phi) is 4.22. The van der Waals surface area contributed by atoms with Gasteiger partial charge in [0.05, 0.1) is 17.2 Å². The van der Waals surface area contributed by atoms with Crippen LogP contribution in [0.3, 0.4) is 0 Å². The number of aromatic nitrogens is 1. The number of thiazole rings is 1. The number of nitrogens with two attached hydrogens (primary N) is 1. The van der Waals surface area contributed by atoms with E-state index >= 15 is 0 Å². The quantitative estimate of drug-likeness (QED) is 0.757. The summed E-state index contributed by atoms with van der Waals surface area (Å²) in [6, 6.07) is 12.3. The van der Waals surface area contributed by atoms with Crippen LogP contribution in [-0.2, 0) is 6.42 Å². The molecule has 0 spiro atoms. The summed E-state index contributed by atoms with van der Waals surface area (Å²) in [5.41, 5.74) is 8.12. The molecule has 0 fully saturated rings. The molecule has 0 saturated heterocycles. The summed E-state index contributed by atoms with van der Waals surface area (Å²) in [7, 11) is 0. The van der Waals surface area contributed by atoms with Gasteiger partial charge in [-0.15, -0.1) is 22.7 Å². The van der Waals surface area contributed by atoms with E-state index in [4.69, 9.17) is 10.5 Å². The van der Waals surface area contributed by atoms with Crippen molar-refractivity contribution in [3.63, 3.8) is 0 Å². The largest absolute Gasteiger partial charge is 0.494 e. The molecule has 5 heteroatoms. The van der Waals surface area contributed by atoms with Crippen molar-refractivity contribution in [3.05, 3.63) is 52.2 Å². The molecule has 1 aromatic carbocycles. The van der Waals surface area contributed by atoms with E-state index in [0.717, 1.165) is 17.9 Å².